The summed E-state index contributed by atoms with van der Waals surface area (Å²) in [4.78, 5) is 2.46. The Balaban J connectivity index is 1.56. The zero-order valence-corrected chi connectivity index (χ0v) is 15.8. The maximum Gasteiger partial charge on any atom is 0.170 e. The van der Waals surface area contributed by atoms with Crippen molar-refractivity contribution in [2.45, 2.75) is 38.6 Å². The predicted octanol–water partition coefficient (Wildman–Crippen LogP) is 4.53. The molecule has 1 saturated heterocycles. The summed E-state index contributed by atoms with van der Waals surface area (Å²) >= 11 is 5.47. The summed E-state index contributed by atoms with van der Waals surface area (Å²) in [5.74, 6) is 1.53. The molecule has 1 fully saturated rings. The molecule has 134 valence electrons. The second-order valence-electron chi connectivity index (χ2n) is 6.89. The van der Waals surface area contributed by atoms with Gasteiger partial charge in [-0.1, -0.05) is 26.0 Å². The molecule has 0 radical (unpaired) electrons. The Labute approximate surface area is 155 Å². The van der Waals surface area contributed by atoms with E-state index in [1.54, 1.807) is 6.26 Å². The van der Waals surface area contributed by atoms with Crippen LogP contribution in [0.3, 0.4) is 0 Å². The molecule has 0 aliphatic carbocycles. The molecule has 2 aromatic rings. The fourth-order valence-corrected chi connectivity index (χ4v) is 3.46. The zero-order valence-electron chi connectivity index (χ0n) is 15.0. The van der Waals surface area contributed by atoms with Crippen molar-refractivity contribution in [3.8, 4) is 0 Å². The zero-order chi connectivity index (χ0) is 17.6. The van der Waals surface area contributed by atoms with Gasteiger partial charge in [0.05, 0.1) is 12.3 Å². The molecule has 0 bridgehead atoms. The van der Waals surface area contributed by atoms with E-state index < -0.39 is 0 Å². The van der Waals surface area contributed by atoms with Gasteiger partial charge in [-0.3, -0.25) is 4.90 Å². The minimum atomic E-state index is 0.223. The Kier molecular flexibility index (Phi) is 6.10. The van der Waals surface area contributed by atoms with Gasteiger partial charge in [0.1, 0.15) is 5.76 Å². The third kappa shape index (κ3) is 4.83. The maximum absolute atomic E-state index is 5.65. The SMILES string of the molecule is CC(C)c1ccc(NC(=S)NC[C@H](c2ccco2)N2CCCC2)cc1. The molecule has 0 spiro atoms. The number of hydrogen-bond acceptors (Lipinski definition) is 3. The Morgan fingerprint density at radius 2 is 1.88 bits per heavy atom. The third-order valence-corrected chi connectivity index (χ3v) is 4.99. The van der Waals surface area contributed by atoms with Crippen molar-refractivity contribution in [3.63, 3.8) is 0 Å². The van der Waals surface area contributed by atoms with Gasteiger partial charge in [-0.25, -0.2) is 0 Å². The summed E-state index contributed by atoms with van der Waals surface area (Å²) in [5, 5.41) is 7.27. The first-order valence-electron chi connectivity index (χ1n) is 9.06. The van der Waals surface area contributed by atoms with Gasteiger partial charge in [0.15, 0.2) is 5.11 Å². The highest BCUT2D eigenvalue weighted by Crippen LogP contribution is 2.25. The standard InChI is InChI=1S/C20H27N3OS/c1-15(2)16-7-9-17(10-8-16)22-20(25)21-14-18(19-6-5-13-24-19)23-11-3-4-12-23/h5-10,13,15,18H,3-4,11-12,14H2,1-2H3,(H2,21,22,25)/t18-/m1/s1. The minimum Gasteiger partial charge on any atom is -0.468 e. The fourth-order valence-electron chi connectivity index (χ4n) is 3.26. The number of anilines is 1. The molecule has 4 nitrogen and oxygen atoms in total. The summed E-state index contributed by atoms with van der Waals surface area (Å²) in [6.45, 7) is 7.36. The average Bonchev–Trinajstić information content (AvgIpc) is 3.29. The first-order chi connectivity index (χ1) is 12.1. The van der Waals surface area contributed by atoms with Crippen LogP contribution < -0.4 is 10.6 Å². The van der Waals surface area contributed by atoms with Crippen molar-refractivity contribution in [2.75, 3.05) is 25.0 Å². The van der Waals surface area contributed by atoms with Crippen LogP contribution in [0.5, 0.6) is 0 Å². The number of furan rings is 1. The highest BCUT2D eigenvalue weighted by Gasteiger charge is 2.25. The molecule has 3 rings (SSSR count). The number of likely N-dealkylation sites (tertiary alicyclic amines) is 1. The Morgan fingerprint density at radius 1 is 1.16 bits per heavy atom. The number of nitrogens with zero attached hydrogens (tertiary/aromatic N) is 1. The number of rotatable bonds is 6. The summed E-state index contributed by atoms with van der Waals surface area (Å²) in [7, 11) is 0. The van der Waals surface area contributed by atoms with Crippen LogP contribution in [0, 0.1) is 0 Å². The topological polar surface area (TPSA) is 40.4 Å². The molecule has 1 atom stereocenters. The fraction of sp³-hybridized carbons (Fsp3) is 0.450. The first-order valence-corrected chi connectivity index (χ1v) is 9.46. The van der Waals surface area contributed by atoms with Crippen molar-refractivity contribution in [1.29, 1.82) is 0 Å². The first kappa shape index (κ1) is 18.0. The van der Waals surface area contributed by atoms with Crippen LogP contribution in [0.25, 0.3) is 0 Å². The van der Waals surface area contributed by atoms with Crippen molar-refractivity contribution in [3.05, 3.63) is 54.0 Å². The van der Waals surface area contributed by atoms with Gasteiger partial charge in [0, 0.05) is 12.2 Å². The second kappa shape index (κ2) is 8.50. The lowest BCUT2D eigenvalue weighted by molar-refractivity contribution is 0.216. The van der Waals surface area contributed by atoms with Gasteiger partial charge < -0.3 is 15.1 Å². The van der Waals surface area contributed by atoms with Gasteiger partial charge in [-0.2, -0.15) is 0 Å². The van der Waals surface area contributed by atoms with Crippen LogP contribution in [0.4, 0.5) is 5.69 Å². The Bertz CT molecular complexity index is 661. The van der Waals surface area contributed by atoms with Crippen molar-refractivity contribution in [2.24, 2.45) is 0 Å². The Hall–Kier alpha value is -1.85. The smallest absolute Gasteiger partial charge is 0.170 e. The molecule has 0 unspecified atom stereocenters. The maximum atomic E-state index is 5.65. The van der Waals surface area contributed by atoms with Crippen LogP contribution in [-0.4, -0.2) is 29.6 Å². The van der Waals surface area contributed by atoms with E-state index >= 15 is 0 Å². The van der Waals surface area contributed by atoms with Crippen molar-refractivity contribution in [1.82, 2.24) is 10.2 Å². The molecular formula is C20H27N3OS. The van der Waals surface area contributed by atoms with Crippen LogP contribution in [0.2, 0.25) is 0 Å². The quantitative estimate of drug-likeness (QED) is 0.744. The van der Waals surface area contributed by atoms with Crippen LogP contribution in [0.1, 0.15) is 50.0 Å². The van der Waals surface area contributed by atoms with Crippen molar-refractivity contribution >= 4 is 23.0 Å². The molecule has 25 heavy (non-hydrogen) atoms. The minimum absolute atomic E-state index is 0.223. The molecule has 0 saturated carbocycles. The monoisotopic (exact) mass is 357 g/mol. The van der Waals surface area contributed by atoms with Gasteiger partial charge in [0.2, 0.25) is 0 Å². The summed E-state index contributed by atoms with van der Waals surface area (Å²) in [6, 6.07) is 12.7. The lowest BCUT2D eigenvalue weighted by Gasteiger charge is -2.26. The molecule has 0 amide bonds. The molecule has 2 heterocycles. The van der Waals surface area contributed by atoms with E-state index in [0.29, 0.717) is 11.0 Å². The van der Waals surface area contributed by atoms with E-state index in [9.17, 15) is 0 Å². The van der Waals surface area contributed by atoms with Gasteiger partial charge in [0.25, 0.3) is 0 Å². The largest absolute Gasteiger partial charge is 0.468 e. The van der Waals surface area contributed by atoms with E-state index in [0.717, 1.165) is 31.1 Å². The van der Waals surface area contributed by atoms with Crippen LogP contribution in [-0.2, 0) is 0 Å². The second-order valence-corrected chi connectivity index (χ2v) is 7.29. The molecule has 1 aromatic carbocycles. The predicted molar refractivity (Wildman–Crippen MR) is 107 cm³/mol. The Morgan fingerprint density at radius 3 is 2.48 bits per heavy atom. The lowest BCUT2D eigenvalue weighted by Crippen LogP contribution is -2.38. The molecule has 1 aliphatic heterocycles. The summed E-state index contributed by atoms with van der Waals surface area (Å²) < 4.78 is 5.65. The number of hydrogen-bond donors (Lipinski definition) is 2. The molecule has 5 heteroatoms. The number of thiocarbonyl (C=S) groups is 1. The van der Waals surface area contributed by atoms with Gasteiger partial charge >= 0.3 is 0 Å². The van der Waals surface area contributed by atoms with Gasteiger partial charge in [-0.05, 0) is 73.9 Å². The molecular weight excluding hydrogens is 330 g/mol. The van der Waals surface area contributed by atoms with E-state index in [1.807, 2.05) is 12.1 Å². The van der Waals surface area contributed by atoms with Crippen LogP contribution >= 0.6 is 12.2 Å². The highest BCUT2D eigenvalue weighted by molar-refractivity contribution is 7.80. The third-order valence-electron chi connectivity index (χ3n) is 4.74. The van der Waals surface area contributed by atoms with E-state index in [-0.39, 0.29) is 6.04 Å². The number of benzene rings is 1. The van der Waals surface area contributed by atoms with E-state index in [2.05, 4.69) is 53.6 Å². The summed E-state index contributed by atoms with van der Waals surface area (Å²) in [6.07, 6.45) is 4.25. The highest BCUT2D eigenvalue weighted by atomic mass is 32.1. The van der Waals surface area contributed by atoms with Crippen LogP contribution in [0.15, 0.2) is 47.1 Å². The lowest BCUT2D eigenvalue weighted by atomic mass is 10.0. The normalized spacial score (nSPS) is 16.1. The molecule has 1 aliphatic rings. The van der Waals surface area contributed by atoms with Gasteiger partial charge in [-0.15, -0.1) is 0 Å². The summed E-state index contributed by atoms with van der Waals surface area (Å²) in [5.41, 5.74) is 2.34. The molecule has 2 N–H and O–H groups in total. The molecule has 1 aromatic heterocycles. The average molecular weight is 358 g/mol. The van der Waals surface area contributed by atoms with Crippen molar-refractivity contribution < 1.29 is 4.42 Å². The van der Waals surface area contributed by atoms with E-state index in [4.69, 9.17) is 16.6 Å². The number of nitrogens with one attached hydrogen (secondary N) is 2. The van der Waals surface area contributed by atoms with E-state index in [1.165, 1.54) is 18.4 Å².